The first-order valence-corrected chi connectivity index (χ1v) is 7.87. The molecule has 0 unspecified atom stereocenters. The summed E-state index contributed by atoms with van der Waals surface area (Å²) in [6.45, 7) is 4.36. The van der Waals surface area contributed by atoms with Crippen LogP contribution in [-0.4, -0.2) is 22.0 Å². The van der Waals surface area contributed by atoms with Gasteiger partial charge in [-0.15, -0.1) is 5.10 Å². The van der Waals surface area contributed by atoms with E-state index in [0.717, 1.165) is 17.1 Å². The molecule has 0 bridgehead atoms. The highest BCUT2D eigenvalue weighted by Crippen LogP contribution is 2.34. The van der Waals surface area contributed by atoms with Crippen molar-refractivity contribution >= 4 is 23.1 Å². The average Bonchev–Trinajstić information content (AvgIpc) is 3.02. The van der Waals surface area contributed by atoms with E-state index in [1.54, 1.807) is 6.20 Å². The maximum Gasteiger partial charge on any atom is 0.249 e. The molecule has 2 N–H and O–H groups in total. The number of hydrogen-bond donors (Lipinski definition) is 2. The van der Waals surface area contributed by atoms with Gasteiger partial charge in [0.05, 0.1) is 6.20 Å². The molecule has 1 aliphatic rings. The molecule has 1 aromatic heterocycles. The van der Waals surface area contributed by atoms with Gasteiger partial charge >= 0.3 is 0 Å². The van der Waals surface area contributed by atoms with E-state index in [9.17, 15) is 0 Å². The van der Waals surface area contributed by atoms with Gasteiger partial charge in [-0.25, -0.2) is 0 Å². The van der Waals surface area contributed by atoms with Crippen LogP contribution in [-0.2, 0) is 0 Å². The smallest absolute Gasteiger partial charge is 0.249 e. The van der Waals surface area contributed by atoms with Crippen molar-refractivity contribution in [3.05, 3.63) is 53.7 Å². The van der Waals surface area contributed by atoms with Crippen molar-refractivity contribution in [3.8, 4) is 11.5 Å². The number of anilines is 4. The molecule has 0 fully saturated rings. The molecule has 0 amide bonds. The van der Waals surface area contributed by atoms with Gasteiger partial charge in [-0.3, -0.25) is 0 Å². The number of rotatable bonds is 4. The highest BCUT2D eigenvalue weighted by atomic mass is 16.7. The van der Waals surface area contributed by atoms with Crippen molar-refractivity contribution in [2.45, 2.75) is 13.8 Å². The topological polar surface area (TPSA) is 81.2 Å². The first kappa shape index (κ1) is 15.2. The molecule has 2 aromatic carbocycles. The summed E-state index contributed by atoms with van der Waals surface area (Å²) in [6, 6.07) is 11.8. The first-order chi connectivity index (χ1) is 12.2. The fraction of sp³-hybridized carbons (Fsp3) is 0.167. The molecule has 0 aliphatic carbocycles. The number of aryl methyl sites for hydroxylation is 2. The summed E-state index contributed by atoms with van der Waals surface area (Å²) >= 11 is 0. The Labute approximate surface area is 145 Å². The van der Waals surface area contributed by atoms with Gasteiger partial charge in [0.15, 0.2) is 17.3 Å². The number of benzene rings is 2. The maximum absolute atomic E-state index is 5.37. The van der Waals surface area contributed by atoms with E-state index in [1.165, 1.54) is 11.1 Å². The summed E-state index contributed by atoms with van der Waals surface area (Å²) in [6.07, 6.45) is 1.59. The number of nitrogens with zero attached hydrogens (tertiary/aromatic N) is 3. The minimum atomic E-state index is 0.242. The molecule has 0 saturated carbocycles. The van der Waals surface area contributed by atoms with E-state index in [-0.39, 0.29) is 6.79 Å². The van der Waals surface area contributed by atoms with Crippen molar-refractivity contribution in [2.24, 2.45) is 0 Å². The van der Waals surface area contributed by atoms with Crippen LogP contribution in [0.4, 0.5) is 23.1 Å². The Morgan fingerprint density at radius 3 is 2.52 bits per heavy atom. The molecule has 7 nitrogen and oxygen atoms in total. The van der Waals surface area contributed by atoms with Crippen LogP contribution in [0.1, 0.15) is 11.1 Å². The fourth-order valence-corrected chi connectivity index (χ4v) is 2.71. The van der Waals surface area contributed by atoms with Crippen molar-refractivity contribution in [2.75, 3.05) is 17.4 Å². The number of aromatic nitrogens is 3. The highest BCUT2D eigenvalue weighted by molar-refractivity contribution is 5.62. The third-order valence-corrected chi connectivity index (χ3v) is 3.68. The van der Waals surface area contributed by atoms with Crippen molar-refractivity contribution in [1.29, 1.82) is 0 Å². The quantitative estimate of drug-likeness (QED) is 0.752. The Hall–Kier alpha value is -3.35. The Balaban J connectivity index is 1.53. The summed E-state index contributed by atoms with van der Waals surface area (Å²) in [5.74, 6) is 2.44. The second-order valence-corrected chi connectivity index (χ2v) is 5.86. The highest BCUT2D eigenvalue weighted by Gasteiger charge is 2.13. The fourth-order valence-electron chi connectivity index (χ4n) is 2.71. The van der Waals surface area contributed by atoms with Gasteiger partial charge in [0.2, 0.25) is 12.7 Å². The summed E-state index contributed by atoms with van der Waals surface area (Å²) in [5, 5.41) is 14.4. The summed E-state index contributed by atoms with van der Waals surface area (Å²) < 4.78 is 10.7. The molecule has 0 spiro atoms. The van der Waals surface area contributed by atoms with Gasteiger partial charge in [0.25, 0.3) is 0 Å². The van der Waals surface area contributed by atoms with E-state index in [2.05, 4.69) is 57.9 Å². The zero-order valence-corrected chi connectivity index (χ0v) is 13.9. The predicted octanol–water partition coefficient (Wildman–Crippen LogP) is 3.70. The molecule has 0 radical (unpaired) electrons. The van der Waals surface area contributed by atoms with Gasteiger partial charge in [-0.05, 0) is 49.2 Å². The molecule has 0 saturated heterocycles. The van der Waals surface area contributed by atoms with E-state index in [4.69, 9.17) is 9.47 Å². The molecule has 0 atom stereocenters. The Morgan fingerprint density at radius 1 is 0.880 bits per heavy atom. The lowest BCUT2D eigenvalue weighted by atomic mass is 10.1. The molecular weight excluding hydrogens is 318 g/mol. The molecule has 1 aliphatic heterocycles. The summed E-state index contributed by atoms with van der Waals surface area (Å²) in [7, 11) is 0. The van der Waals surface area contributed by atoms with Crippen molar-refractivity contribution < 1.29 is 9.47 Å². The molecule has 2 heterocycles. The molecule has 126 valence electrons. The second-order valence-electron chi connectivity index (χ2n) is 5.86. The van der Waals surface area contributed by atoms with E-state index in [0.29, 0.717) is 17.5 Å². The molecule has 7 heteroatoms. The normalized spacial score (nSPS) is 12.1. The SMILES string of the molecule is Cc1cc(C)cc(Nc2cnnc(Nc3ccc4c(c3)OCO4)n2)c1. The largest absolute Gasteiger partial charge is 0.454 e. The zero-order valence-electron chi connectivity index (χ0n) is 13.9. The van der Waals surface area contributed by atoms with Gasteiger partial charge in [-0.2, -0.15) is 10.1 Å². The molecule has 25 heavy (non-hydrogen) atoms. The van der Waals surface area contributed by atoms with Crippen LogP contribution in [0.3, 0.4) is 0 Å². The predicted molar refractivity (Wildman–Crippen MR) is 94.9 cm³/mol. The van der Waals surface area contributed by atoms with Gasteiger partial charge in [0.1, 0.15) is 0 Å². The van der Waals surface area contributed by atoms with Crippen LogP contribution < -0.4 is 20.1 Å². The lowest BCUT2D eigenvalue weighted by Crippen LogP contribution is -2.02. The van der Waals surface area contributed by atoms with Crippen LogP contribution >= 0.6 is 0 Å². The van der Waals surface area contributed by atoms with Crippen LogP contribution in [0.15, 0.2) is 42.6 Å². The first-order valence-electron chi connectivity index (χ1n) is 7.87. The van der Waals surface area contributed by atoms with Gasteiger partial charge in [-0.1, -0.05) is 6.07 Å². The van der Waals surface area contributed by atoms with Crippen LogP contribution in [0, 0.1) is 13.8 Å². The third kappa shape index (κ3) is 3.45. The van der Waals surface area contributed by atoms with E-state index < -0.39 is 0 Å². The lowest BCUT2D eigenvalue weighted by Gasteiger charge is -2.09. The van der Waals surface area contributed by atoms with E-state index >= 15 is 0 Å². The molecule has 4 rings (SSSR count). The Bertz CT molecular complexity index is 909. The standard InChI is InChI=1S/C18H17N5O2/c1-11-5-12(2)7-14(6-11)20-17-9-19-23-18(22-17)21-13-3-4-15-16(8-13)25-10-24-15/h3-9H,10H2,1-2H3,(H2,20,21,22,23). The number of hydrogen-bond acceptors (Lipinski definition) is 7. The monoisotopic (exact) mass is 335 g/mol. The summed E-state index contributed by atoms with van der Waals surface area (Å²) in [4.78, 5) is 4.45. The number of ether oxygens (including phenoxy) is 2. The van der Waals surface area contributed by atoms with Crippen LogP contribution in [0.25, 0.3) is 0 Å². The Kier molecular flexibility index (Phi) is 3.81. The summed E-state index contributed by atoms with van der Waals surface area (Å²) in [5.41, 5.74) is 4.13. The Morgan fingerprint density at radius 2 is 1.68 bits per heavy atom. The lowest BCUT2D eigenvalue weighted by molar-refractivity contribution is 0.174. The maximum atomic E-state index is 5.37. The zero-order chi connectivity index (χ0) is 17.2. The van der Waals surface area contributed by atoms with Crippen LogP contribution in [0.2, 0.25) is 0 Å². The number of fused-ring (bicyclic) bond motifs is 1. The third-order valence-electron chi connectivity index (χ3n) is 3.68. The second kappa shape index (κ2) is 6.27. The van der Waals surface area contributed by atoms with Crippen molar-refractivity contribution in [3.63, 3.8) is 0 Å². The van der Waals surface area contributed by atoms with Gasteiger partial charge < -0.3 is 20.1 Å². The average molecular weight is 335 g/mol. The molecule has 3 aromatic rings. The number of nitrogens with one attached hydrogen (secondary N) is 2. The minimum Gasteiger partial charge on any atom is -0.454 e. The van der Waals surface area contributed by atoms with E-state index in [1.807, 2.05) is 18.2 Å². The van der Waals surface area contributed by atoms with Crippen LogP contribution in [0.5, 0.6) is 11.5 Å². The van der Waals surface area contributed by atoms with Gasteiger partial charge in [0, 0.05) is 17.4 Å². The van der Waals surface area contributed by atoms with Crippen molar-refractivity contribution in [1.82, 2.24) is 15.2 Å². The minimum absolute atomic E-state index is 0.242. The molecular formula is C18H17N5O2.